The molecule has 0 radical (unpaired) electrons. The molecule has 0 aliphatic heterocycles. The van der Waals surface area contributed by atoms with Gasteiger partial charge in [0, 0.05) is 10.4 Å². The van der Waals surface area contributed by atoms with Gasteiger partial charge in [-0.1, -0.05) is 34.1 Å². The maximum Gasteiger partial charge on any atom is 0.133 e. The molecule has 106 valence electrons. The molecule has 0 saturated carbocycles. The lowest BCUT2D eigenvalue weighted by atomic mass is 9.92. The van der Waals surface area contributed by atoms with Gasteiger partial charge in [-0.05, 0) is 64.3 Å². The average Bonchev–Trinajstić information content (AvgIpc) is 2.45. The molecule has 20 heavy (non-hydrogen) atoms. The summed E-state index contributed by atoms with van der Waals surface area (Å²) < 4.78 is 7.32. The van der Waals surface area contributed by atoms with Crippen LogP contribution in [0.15, 0.2) is 51.4 Å². The minimum Gasteiger partial charge on any atom is -0.496 e. The van der Waals surface area contributed by atoms with Crippen LogP contribution in [0.3, 0.4) is 0 Å². The van der Waals surface area contributed by atoms with Gasteiger partial charge in [0.2, 0.25) is 0 Å². The van der Waals surface area contributed by atoms with Crippen molar-refractivity contribution >= 4 is 31.9 Å². The normalized spacial score (nSPS) is 12.2. The van der Waals surface area contributed by atoms with Crippen LogP contribution in [0.2, 0.25) is 0 Å². The third-order valence-corrected chi connectivity index (χ3v) is 4.42. The van der Waals surface area contributed by atoms with E-state index >= 15 is 0 Å². The molecule has 2 nitrogen and oxygen atoms in total. The Labute approximate surface area is 136 Å². The Morgan fingerprint density at radius 1 is 1.15 bits per heavy atom. The van der Waals surface area contributed by atoms with Gasteiger partial charge in [0.05, 0.1) is 11.6 Å². The van der Waals surface area contributed by atoms with Crippen molar-refractivity contribution in [1.29, 1.82) is 0 Å². The van der Waals surface area contributed by atoms with Gasteiger partial charge in [-0.15, -0.1) is 0 Å². The van der Waals surface area contributed by atoms with Gasteiger partial charge in [0.1, 0.15) is 5.75 Å². The zero-order chi connectivity index (χ0) is 14.5. The highest BCUT2D eigenvalue weighted by Gasteiger charge is 2.12. The number of nitrogens with two attached hydrogens (primary N) is 1. The van der Waals surface area contributed by atoms with E-state index in [0.717, 1.165) is 21.1 Å². The maximum absolute atomic E-state index is 5.95. The van der Waals surface area contributed by atoms with Crippen molar-refractivity contribution in [2.45, 2.75) is 12.3 Å². The van der Waals surface area contributed by atoms with Crippen molar-refractivity contribution in [1.82, 2.24) is 0 Å². The van der Waals surface area contributed by atoms with E-state index < -0.39 is 0 Å². The van der Waals surface area contributed by atoms with Crippen LogP contribution in [0.1, 0.15) is 17.0 Å². The van der Waals surface area contributed by atoms with E-state index in [-0.39, 0.29) is 0 Å². The first-order valence-corrected chi connectivity index (χ1v) is 8.00. The molecule has 2 aromatic rings. The van der Waals surface area contributed by atoms with Gasteiger partial charge >= 0.3 is 0 Å². The van der Waals surface area contributed by atoms with Gasteiger partial charge in [0.15, 0.2) is 0 Å². The molecule has 2 rings (SSSR count). The molecule has 0 aliphatic rings. The summed E-state index contributed by atoms with van der Waals surface area (Å²) in [6.45, 7) is 0.625. The SMILES string of the molecule is COc1ccc(CC(CN)c2cccc(Br)c2)cc1Br. The molecular formula is C16H17Br2NO. The average molecular weight is 399 g/mol. The molecule has 0 aromatic heterocycles. The number of hydrogen-bond acceptors (Lipinski definition) is 2. The van der Waals surface area contributed by atoms with Crippen molar-refractivity contribution < 1.29 is 4.74 Å². The predicted molar refractivity (Wildman–Crippen MR) is 90.3 cm³/mol. The summed E-state index contributed by atoms with van der Waals surface area (Å²) in [5.74, 6) is 1.16. The Kier molecular flexibility index (Phi) is 5.64. The second-order valence-electron chi connectivity index (χ2n) is 4.66. The van der Waals surface area contributed by atoms with Gasteiger partial charge in [-0.2, -0.15) is 0 Å². The zero-order valence-electron chi connectivity index (χ0n) is 11.3. The number of hydrogen-bond donors (Lipinski definition) is 1. The molecule has 1 atom stereocenters. The number of benzene rings is 2. The fraction of sp³-hybridized carbons (Fsp3) is 0.250. The fourth-order valence-electron chi connectivity index (χ4n) is 2.22. The topological polar surface area (TPSA) is 35.2 Å². The maximum atomic E-state index is 5.95. The predicted octanol–water partition coefficient (Wildman–Crippen LogP) is 4.51. The van der Waals surface area contributed by atoms with Gasteiger partial charge in [0.25, 0.3) is 0 Å². The van der Waals surface area contributed by atoms with Crippen LogP contribution in [0.4, 0.5) is 0 Å². The summed E-state index contributed by atoms with van der Waals surface area (Å²) in [5.41, 5.74) is 8.45. The molecule has 0 spiro atoms. The smallest absolute Gasteiger partial charge is 0.133 e. The first kappa shape index (κ1) is 15.5. The third kappa shape index (κ3) is 3.84. The highest BCUT2D eigenvalue weighted by atomic mass is 79.9. The van der Waals surface area contributed by atoms with E-state index in [1.807, 2.05) is 18.2 Å². The minimum absolute atomic E-state index is 0.313. The van der Waals surface area contributed by atoms with E-state index in [9.17, 15) is 0 Å². The van der Waals surface area contributed by atoms with E-state index in [4.69, 9.17) is 10.5 Å². The summed E-state index contributed by atoms with van der Waals surface area (Å²) in [6, 6.07) is 14.5. The Morgan fingerprint density at radius 2 is 1.95 bits per heavy atom. The Hall–Kier alpha value is -0.840. The summed E-state index contributed by atoms with van der Waals surface area (Å²) in [4.78, 5) is 0. The van der Waals surface area contributed by atoms with Gasteiger partial charge < -0.3 is 10.5 Å². The number of rotatable bonds is 5. The van der Waals surface area contributed by atoms with Crippen LogP contribution in [0.5, 0.6) is 5.75 Å². The van der Waals surface area contributed by atoms with Crippen LogP contribution in [-0.4, -0.2) is 13.7 Å². The molecule has 2 aromatic carbocycles. The van der Waals surface area contributed by atoms with E-state index in [2.05, 4.69) is 56.1 Å². The van der Waals surface area contributed by atoms with Crippen LogP contribution < -0.4 is 10.5 Å². The van der Waals surface area contributed by atoms with E-state index in [1.165, 1.54) is 11.1 Å². The molecule has 0 bridgehead atoms. The molecule has 1 unspecified atom stereocenters. The standard InChI is InChI=1S/C16H17Br2NO/c1-20-16-6-5-11(8-15(16)18)7-13(10-19)12-3-2-4-14(17)9-12/h2-6,8-9,13H,7,10,19H2,1H3. The van der Waals surface area contributed by atoms with Crippen LogP contribution >= 0.6 is 31.9 Å². The van der Waals surface area contributed by atoms with Crippen molar-refractivity contribution in [3.05, 3.63) is 62.5 Å². The van der Waals surface area contributed by atoms with Crippen LogP contribution in [0.25, 0.3) is 0 Å². The summed E-state index contributed by atoms with van der Waals surface area (Å²) in [5, 5.41) is 0. The molecule has 4 heteroatoms. The first-order chi connectivity index (χ1) is 9.63. The summed E-state index contributed by atoms with van der Waals surface area (Å²) in [6.07, 6.45) is 0.912. The first-order valence-electron chi connectivity index (χ1n) is 6.42. The summed E-state index contributed by atoms with van der Waals surface area (Å²) in [7, 11) is 1.67. The second kappa shape index (κ2) is 7.25. The Bertz CT molecular complexity index is 586. The molecule has 0 aliphatic carbocycles. The van der Waals surface area contributed by atoms with Gasteiger partial charge in [-0.25, -0.2) is 0 Å². The van der Waals surface area contributed by atoms with Crippen molar-refractivity contribution in [3.8, 4) is 5.75 Å². The number of halogens is 2. The lowest BCUT2D eigenvalue weighted by molar-refractivity contribution is 0.412. The largest absolute Gasteiger partial charge is 0.496 e. The molecule has 0 heterocycles. The molecule has 0 fully saturated rings. The van der Waals surface area contributed by atoms with Crippen LogP contribution in [-0.2, 0) is 6.42 Å². The summed E-state index contributed by atoms with van der Waals surface area (Å²) >= 11 is 7.03. The van der Waals surface area contributed by atoms with E-state index in [0.29, 0.717) is 12.5 Å². The lowest BCUT2D eigenvalue weighted by Crippen LogP contribution is -2.15. The van der Waals surface area contributed by atoms with Gasteiger partial charge in [-0.3, -0.25) is 0 Å². The second-order valence-corrected chi connectivity index (χ2v) is 6.43. The number of methoxy groups -OCH3 is 1. The van der Waals surface area contributed by atoms with E-state index in [1.54, 1.807) is 7.11 Å². The zero-order valence-corrected chi connectivity index (χ0v) is 14.4. The van der Waals surface area contributed by atoms with Crippen LogP contribution in [0, 0.1) is 0 Å². The third-order valence-electron chi connectivity index (χ3n) is 3.30. The monoisotopic (exact) mass is 397 g/mol. The van der Waals surface area contributed by atoms with Crippen molar-refractivity contribution in [2.75, 3.05) is 13.7 Å². The lowest BCUT2D eigenvalue weighted by Gasteiger charge is -2.16. The minimum atomic E-state index is 0.313. The van der Waals surface area contributed by atoms with Crippen molar-refractivity contribution in [2.24, 2.45) is 5.73 Å². The fourth-order valence-corrected chi connectivity index (χ4v) is 3.22. The Morgan fingerprint density at radius 3 is 2.55 bits per heavy atom. The molecule has 0 saturated heterocycles. The van der Waals surface area contributed by atoms with Crippen molar-refractivity contribution in [3.63, 3.8) is 0 Å². The molecule has 2 N–H and O–H groups in total. The molecular weight excluding hydrogens is 382 g/mol. The number of ether oxygens (including phenoxy) is 1. The highest BCUT2D eigenvalue weighted by Crippen LogP contribution is 2.29. The highest BCUT2D eigenvalue weighted by molar-refractivity contribution is 9.10. The molecule has 0 amide bonds. The Balaban J connectivity index is 2.20. The quantitative estimate of drug-likeness (QED) is 0.804.